The lowest BCUT2D eigenvalue weighted by Crippen LogP contribution is -2.44. The van der Waals surface area contributed by atoms with Crippen molar-refractivity contribution in [2.45, 2.75) is 44.9 Å². The van der Waals surface area contributed by atoms with Crippen LogP contribution < -0.4 is 0 Å². The fraction of sp³-hybridized carbons (Fsp3) is 1.00. The molecule has 2 rings (SSSR count). The lowest BCUT2D eigenvalue weighted by molar-refractivity contribution is -0.0410. The molecule has 11 heavy (non-hydrogen) atoms. The summed E-state index contributed by atoms with van der Waals surface area (Å²) < 4.78 is 5.68. The van der Waals surface area contributed by atoms with E-state index < -0.39 is 0 Å². The molecule has 2 fully saturated rings. The van der Waals surface area contributed by atoms with E-state index >= 15 is 0 Å². The quantitative estimate of drug-likeness (QED) is 0.565. The predicted molar refractivity (Wildman–Crippen MR) is 44.6 cm³/mol. The Bertz CT molecular complexity index is 169. The fourth-order valence-corrected chi connectivity index (χ4v) is 2.36. The number of fused-ring (bicyclic) bond motifs is 2. The van der Waals surface area contributed by atoms with Crippen LogP contribution in [0.25, 0.3) is 0 Å². The van der Waals surface area contributed by atoms with Crippen molar-refractivity contribution in [3.05, 3.63) is 0 Å². The van der Waals surface area contributed by atoms with Crippen LogP contribution in [0, 0.1) is 0 Å². The molecule has 2 atom stereocenters. The molecule has 0 aromatic rings. The fourth-order valence-electron chi connectivity index (χ4n) is 2.36. The van der Waals surface area contributed by atoms with E-state index in [-0.39, 0.29) is 5.60 Å². The lowest BCUT2D eigenvalue weighted by Gasteiger charge is -2.33. The molecule has 2 bridgehead atoms. The standard InChI is InChI=1S/C9H17NO/c1-7(2)10-6-9(3)4-8(10)5-11-9/h7-8H,4-6H2,1-3H3/t8-,9-/m0/s1. The Balaban J connectivity index is 2.10. The predicted octanol–water partition coefficient (Wildman–Crippen LogP) is 1.26. The summed E-state index contributed by atoms with van der Waals surface area (Å²) in [5.41, 5.74) is 0.189. The summed E-state index contributed by atoms with van der Waals surface area (Å²) in [7, 11) is 0. The van der Waals surface area contributed by atoms with E-state index in [1.54, 1.807) is 0 Å². The van der Waals surface area contributed by atoms with Gasteiger partial charge in [0.25, 0.3) is 0 Å². The largest absolute Gasteiger partial charge is 0.372 e. The van der Waals surface area contributed by atoms with Gasteiger partial charge in [-0.05, 0) is 27.2 Å². The van der Waals surface area contributed by atoms with Gasteiger partial charge >= 0.3 is 0 Å². The number of hydrogen-bond donors (Lipinski definition) is 0. The Morgan fingerprint density at radius 1 is 1.55 bits per heavy atom. The van der Waals surface area contributed by atoms with Crippen molar-refractivity contribution in [3.63, 3.8) is 0 Å². The van der Waals surface area contributed by atoms with E-state index in [2.05, 4.69) is 25.7 Å². The van der Waals surface area contributed by atoms with Crippen LogP contribution in [0.15, 0.2) is 0 Å². The molecule has 2 heteroatoms. The van der Waals surface area contributed by atoms with Gasteiger partial charge < -0.3 is 4.74 Å². The SMILES string of the molecule is CC(C)N1C[C@]2(C)C[C@H]1CO2. The molecule has 0 aliphatic carbocycles. The summed E-state index contributed by atoms with van der Waals surface area (Å²) in [4.78, 5) is 2.56. The first-order valence-corrected chi connectivity index (χ1v) is 4.50. The molecule has 0 N–H and O–H groups in total. The van der Waals surface area contributed by atoms with Gasteiger partial charge in [0, 0.05) is 18.6 Å². The zero-order chi connectivity index (χ0) is 8.06. The summed E-state index contributed by atoms with van der Waals surface area (Å²) in [5.74, 6) is 0. The van der Waals surface area contributed by atoms with Gasteiger partial charge in [0.05, 0.1) is 12.2 Å². The first kappa shape index (κ1) is 7.56. The molecule has 0 amide bonds. The average molecular weight is 155 g/mol. The third-order valence-electron chi connectivity index (χ3n) is 2.94. The van der Waals surface area contributed by atoms with Crippen LogP contribution in [-0.4, -0.2) is 35.7 Å². The maximum Gasteiger partial charge on any atom is 0.0797 e. The summed E-state index contributed by atoms with van der Waals surface area (Å²) >= 11 is 0. The first-order chi connectivity index (χ1) is 5.11. The second-order valence-corrected chi connectivity index (χ2v) is 4.38. The number of ether oxygens (including phenoxy) is 1. The van der Waals surface area contributed by atoms with E-state index in [0.29, 0.717) is 12.1 Å². The van der Waals surface area contributed by atoms with Gasteiger partial charge in [0.1, 0.15) is 0 Å². The molecule has 2 nitrogen and oxygen atoms in total. The topological polar surface area (TPSA) is 12.5 Å². The highest BCUT2D eigenvalue weighted by atomic mass is 16.5. The van der Waals surface area contributed by atoms with Gasteiger partial charge in [-0.15, -0.1) is 0 Å². The molecule has 0 unspecified atom stereocenters. The molecule has 0 radical (unpaired) electrons. The zero-order valence-electron chi connectivity index (χ0n) is 7.63. The monoisotopic (exact) mass is 155 g/mol. The van der Waals surface area contributed by atoms with E-state index in [9.17, 15) is 0 Å². The highest BCUT2D eigenvalue weighted by molar-refractivity contribution is 5.01. The molecule has 2 aliphatic rings. The van der Waals surface area contributed by atoms with Crippen LogP contribution in [0.3, 0.4) is 0 Å². The Morgan fingerprint density at radius 2 is 2.27 bits per heavy atom. The molecule has 64 valence electrons. The van der Waals surface area contributed by atoms with Crippen LogP contribution >= 0.6 is 0 Å². The maximum atomic E-state index is 5.68. The van der Waals surface area contributed by atoms with Crippen LogP contribution in [0.2, 0.25) is 0 Å². The summed E-state index contributed by atoms with van der Waals surface area (Å²) in [6.07, 6.45) is 1.24. The number of rotatable bonds is 1. The molecule has 2 heterocycles. The summed E-state index contributed by atoms with van der Waals surface area (Å²) in [6, 6.07) is 1.39. The molecule has 2 saturated heterocycles. The molecular weight excluding hydrogens is 138 g/mol. The minimum atomic E-state index is 0.189. The van der Waals surface area contributed by atoms with Gasteiger partial charge in [-0.25, -0.2) is 0 Å². The molecular formula is C9H17NO. The number of hydrogen-bond acceptors (Lipinski definition) is 2. The third kappa shape index (κ3) is 1.09. The molecule has 0 saturated carbocycles. The van der Waals surface area contributed by atoms with Gasteiger partial charge in [-0.3, -0.25) is 4.90 Å². The van der Waals surface area contributed by atoms with Crippen molar-refractivity contribution in [2.24, 2.45) is 0 Å². The highest BCUT2D eigenvalue weighted by Crippen LogP contribution is 2.37. The number of likely N-dealkylation sites (tertiary alicyclic amines) is 1. The van der Waals surface area contributed by atoms with Crippen molar-refractivity contribution in [2.75, 3.05) is 13.2 Å². The van der Waals surface area contributed by atoms with Gasteiger partial charge in [-0.1, -0.05) is 0 Å². The average Bonchev–Trinajstić information content (AvgIpc) is 2.41. The first-order valence-electron chi connectivity index (χ1n) is 4.50. The second-order valence-electron chi connectivity index (χ2n) is 4.38. The van der Waals surface area contributed by atoms with E-state index in [1.807, 2.05) is 0 Å². The minimum absolute atomic E-state index is 0.189. The van der Waals surface area contributed by atoms with Gasteiger partial charge in [0.2, 0.25) is 0 Å². The second kappa shape index (κ2) is 2.20. The van der Waals surface area contributed by atoms with Crippen molar-refractivity contribution in [3.8, 4) is 0 Å². The van der Waals surface area contributed by atoms with Gasteiger partial charge in [0.15, 0.2) is 0 Å². The Labute approximate surface area is 68.5 Å². The van der Waals surface area contributed by atoms with Crippen LogP contribution in [0.5, 0.6) is 0 Å². The third-order valence-corrected chi connectivity index (χ3v) is 2.94. The molecule has 2 aliphatic heterocycles. The van der Waals surface area contributed by atoms with E-state index in [1.165, 1.54) is 6.42 Å². The number of morpholine rings is 1. The summed E-state index contributed by atoms with van der Waals surface area (Å²) in [5, 5.41) is 0. The maximum absolute atomic E-state index is 5.68. The van der Waals surface area contributed by atoms with Gasteiger partial charge in [-0.2, -0.15) is 0 Å². The Hall–Kier alpha value is -0.0800. The molecule has 0 aromatic heterocycles. The van der Waals surface area contributed by atoms with Crippen molar-refractivity contribution < 1.29 is 4.74 Å². The Morgan fingerprint density at radius 3 is 2.55 bits per heavy atom. The zero-order valence-corrected chi connectivity index (χ0v) is 7.63. The lowest BCUT2D eigenvalue weighted by atomic mass is 10.1. The van der Waals surface area contributed by atoms with Crippen LogP contribution in [0.4, 0.5) is 0 Å². The minimum Gasteiger partial charge on any atom is -0.372 e. The number of nitrogens with zero attached hydrogens (tertiary/aromatic N) is 1. The van der Waals surface area contributed by atoms with Crippen LogP contribution in [0.1, 0.15) is 27.2 Å². The highest BCUT2D eigenvalue weighted by Gasteiger charge is 2.48. The smallest absolute Gasteiger partial charge is 0.0797 e. The normalized spacial score (nSPS) is 44.2. The van der Waals surface area contributed by atoms with Crippen molar-refractivity contribution in [1.29, 1.82) is 0 Å². The van der Waals surface area contributed by atoms with Crippen molar-refractivity contribution >= 4 is 0 Å². The molecule has 0 spiro atoms. The van der Waals surface area contributed by atoms with E-state index in [0.717, 1.165) is 13.2 Å². The molecule has 0 aromatic carbocycles. The summed E-state index contributed by atoms with van der Waals surface area (Å²) in [6.45, 7) is 8.85. The van der Waals surface area contributed by atoms with E-state index in [4.69, 9.17) is 4.74 Å². The van der Waals surface area contributed by atoms with Crippen molar-refractivity contribution in [1.82, 2.24) is 4.90 Å². The Kier molecular flexibility index (Phi) is 1.52. The van der Waals surface area contributed by atoms with Crippen LogP contribution in [-0.2, 0) is 4.74 Å².